The van der Waals surface area contributed by atoms with E-state index in [-0.39, 0.29) is 11.9 Å². The number of nitrogens with one attached hydrogen (secondary N) is 1. The molecule has 10 heteroatoms. The lowest BCUT2D eigenvalue weighted by molar-refractivity contribution is 0.0260. The van der Waals surface area contributed by atoms with Gasteiger partial charge in [-0.1, -0.05) is 0 Å². The van der Waals surface area contributed by atoms with Crippen molar-refractivity contribution in [1.29, 1.82) is 0 Å². The van der Waals surface area contributed by atoms with Crippen LogP contribution in [-0.4, -0.2) is 43.4 Å². The molecule has 4 rings (SSSR count). The maximum Gasteiger partial charge on any atom is 0.275 e. The van der Waals surface area contributed by atoms with Crippen molar-refractivity contribution in [1.82, 2.24) is 24.7 Å². The molecule has 0 saturated heterocycles. The van der Waals surface area contributed by atoms with Gasteiger partial charge in [-0.3, -0.25) is 9.48 Å². The van der Waals surface area contributed by atoms with Crippen molar-refractivity contribution >= 4 is 38.9 Å². The minimum absolute atomic E-state index is 0.258. The number of rotatable bonds is 6. The predicted octanol–water partition coefficient (Wildman–Crippen LogP) is 4.33. The zero-order chi connectivity index (χ0) is 20.2. The van der Waals surface area contributed by atoms with Gasteiger partial charge >= 0.3 is 0 Å². The zero-order valence-electron chi connectivity index (χ0n) is 15.9. The van der Waals surface area contributed by atoms with Gasteiger partial charge in [0.15, 0.2) is 15.4 Å². The molecular formula is C19H21BrN6O2S. The number of hydrogen-bond acceptors (Lipinski definition) is 7. The Morgan fingerprint density at radius 2 is 2.07 bits per heavy atom. The van der Waals surface area contributed by atoms with Crippen LogP contribution in [-0.2, 0) is 4.74 Å². The van der Waals surface area contributed by atoms with Gasteiger partial charge in [-0.05, 0) is 54.6 Å². The summed E-state index contributed by atoms with van der Waals surface area (Å²) in [6, 6.07) is 2.01. The molecule has 0 aliphatic heterocycles. The van der Waals surface area contributed by atoms with Crippen molar-refractivity contribution in [2.24, 2.45) is 0 Å². The minimum atomic E-state index is -0.288. The number of thiazole rings is 1. The molecule has 1 fully saturated rings. The number of aromatic nitrogens is 5. The van der Waals surface area contributed by atoms with Gasteiger partial charge in [-0.2, -0.15) is 5.10 Å². The molecule has 0 spiro atoms. The molecule has 29 heavy (non-hydrogen) atoms. The third-order valence-electron chi connectivity index (χ3n) is 4.89. The van der Waals surface area contributed by atoms with Gasteiger partial charge in [0.2, 0.25) is 0 Å². The van der Waals surface area contributed by atoms with Crippen LogP contribution in [0.15, 0.2) is 34.0 Å². The molecule has 152 valence electrons. The maximum absolute atomic E-state index is 12.6. The zero-order valence-corrected chi connectivity index (χ0v) is 18.3. The summed E-state index contributed by atoms with van der Waals surface area (Å²) in [6.07, 6.45) is 9.49. The van der Waals surface area contributed by atoms with E-state index in [1.54, 1.807) is 23.8 Å². The molecule has 1 saturated carbocycles. The van der Waals surface area contributed by atoms with Crippen molar-refractivity contribution in [3.8, 4) is 11.5 Å². The second kappa shape index (κ2) is 9.10. The summed E-state index contributed by atoms with van der Waals surface area (Å²) in [4.78, 5) is 25.4. The Morgan fingerprint density at radius 3 is 2.72 bits per heavy atom. The van der Waals surface area contributed by atoms with E-state index in [0.717, 1.165) is 32.3 Å². The van der Waals surface area contributed by atoms with Crippen molar-refractivity contribution in [2.45, 2.75) is 44.8 Å². The van der Waals surface area contributed by atoms with Crippen molar-refractivity contribution in [3.63, 3.8) is 0 Å². The second-order valence-electron chi connectivity index (χ2n) is 6.77. The molecule has 0 unspecified atom stereocenters. The second-order valence-corrected chi connectivity index (χ2v) is 8.90. The summed E-state index contributed by atoms with van der Waals surface area (Å²) in [7, 11) is 0. The Morgan fingerprint density at radius 1 is 1.31 bits per heavy atom. The highest BCUT2D eigenvalue weighted by atomic mass is 79.9. The van der Waals surface area contributed by atoms with E-state index >= 15 is 0 Å². The molecule has 0 atom stereocenters. The lowest BCUT2D eigenvalue weighted by Crippen LogP contribution is -2.24. The highest BCUT2D eigenvalue weighted by Crippen LogP contribution is 2.33. The Bertz CT molecular complexity index is 968. The SMILES string of the molecule is CCOC1CCC(n2cc(NC(=O)c3csc(Br)n3)c(-c3ncccn3)n2)CC1. The van der Waals surface area contributed by atoms with Crippen LogP contribution in [0.4, 0.5) is 5.69 Å². The first kappa shape index (κ1) is 20.1. The van der Waals surface area contributed by atoms with E-state index in [0.29, 0.717) is 32.9 Å². The first-order valence-electron chi connectivity index (χ1n) is 9.54. The molecule has 3 aromatic heterocycles. The number of anilines is 1. The third-order valence-corrected chi connectivity index (χ3v) is 6.25. The first-order chi connectivity index (χ1) is 14.1. The quantitative estimate of drug-likeness (QED) is 0.568. The fourth-order valence-electron chi connectivity index (χ4n) is 3.51. The Labute approximate surface area is 180 Å². The molecule has 3 heterocycles. The number of hydrogen-bond donors (Lipinski definition) is 1. The van der Waals surface area contributed by atoms with E-state index in [1.807, 2.05) is 17.8 Å². The Hall–Kier alpha value is -2.17. The number of carbonyl (C=O) groups excluding carboxylic acids is 1. The summed E-state index contributed by atoms with van der Waals surface area (Å²) in [5, 5.41) is 9.37. The van der Waals surface area contributed by atoms with E-state index < -0.39 is 0 Å². The van der Waals surface area contributed by atoms with Gasteiger partial charge in [0.25, 0.3) is 5.91 Å². The molecule has 1 amide bonds. The molecule has 3 aromatic rings. The third kappa shape index (κ3) is 4.71. The molecule has 0 aromatic carbocycles. The predicted molar refractivity (Wildman–Crippen MR) is 114 cm³/mol. The van der Waals surface area contributed by atoms with Crippen LogP contribution in [0.5, 0.6) is 0 Å². The fraction of sp³-hybridized carbons (Fsp3) is 0.421. The topological polar surface area (TPSA) is 94.8 Å². The lowest BCUT2D eigenvalue weighted by atomic mass is 9.93. The largest absolute Gasteiger partial charge is 0.379 e. The maximum atomic E-state index is 12.6. The fourth-order valence-corrected chi connectivity index (χ4v) is 4.50. The van der Waals surface area contributed by atoms with Crippen LogP contribution >= 0.6 is 27.3 Å². The summed E-state index contributed by atoms with van der Waals surface area (Å²) >= 11 is 4.65. The lowest BCUT2D eigenvalue weighted by Gasteiger charge is -2.28. The Balaban J connectivity index is 1.59. The van der Waals surface area contributed by atoms with Crippen LogP contribution in [0.25, 0.3) is 11.5 Å². The highest BCUT2D eigenvalue weighted by molar-refractivity contribution is 9.11. The molecule has 1 aliphatic carbocycles. The average molecular weight is 477 g/mol. The standard InChI is InChI=1S/C19H21BrN6O2S/c1-2-28-13-6-4-12(5-7-13)26-10-14(16(25-26)17-21-8-3-9-22-17)23-18(27)15-11-29-19(20)24-15/h3,8-13H,2,4-7H2,1H3,(H,23,27). The molecule has 0 bridgehead atoms. The van der Waals surface area contributed by atoms with Crippen LogP contribution in [0.1, 0.15) is 49.1 Å². The van der Waals surface area contributed by atoms with E-state index in [2.05, 4.69) is 36.2 Å². The molecular weight excluding hydrogens is 456 g/mol. The number of ether oxygens (including phenoxy) is 1. The number of carbonyl (C=O) groups is 1. The normalized spacial score (nSPS) is 19.2. The monoisotopic (exact) mass is 476 g/mol. The Kier molecular flexibility index (Phi) is 6.31. The van der Waals surface area contributed by atoms with E-state index in [9.17, 15) is 4.79 Å². The number of nitrogens with zero attached hydrogens (tertiary/aromatic N) is 5. The smallest absolute Gasteiger partial charge is 0.275 e. The van der Waals surface area contributed by atoms with Crippen molar-refractivity contribution in [2.75, 3.05) is 11.9 Å². The van der Waals surface area contributed by atoms with Gasteiger partial charge in [0.1, 0.15) is 5.69 Å². The highest BCUT2D eigenvalue weighted by Gasteiger charge is 2.26. The van der Waals surface area contributed by atoms with Gasteiger partial charge in [-0.15, -0.1) is 11.3 Å². The van der Waals surface area contributed by atoms with Crippen molar-refractivity contribution < 1.29 is 9.53 Å². The van der Waals surface area contributed by atoms with Crippen LogP contribution in [0, 0.1) is 0 Å². The number of halogens is 1. The summed E-state index contributed by atoms with van der Waals surface area (Å²) in [5.74, 6) is 0.188. The summed E-state index contributed by atoms with van der Waals surface area (Å²) < 4.78 is 8.35. The molecule has 1 aliphatic rings. The summed E-state index contributed by atoms with van der Waals surface area (Å²) in [6.45, 7) is 2.77. The first-order valence-corrected chi connectivity index (χ1v) is 11.2. The number of amides is 1. The van der Waals surface area contributed by atoms with Crippen LogP contribution in [0.2, 0.25) is 0 Å². The van der Waals surface area contributed by atoms with Gasteiger partial charge in [-0.25, -0.2) is 15.0 Å². The van der Waals surface area contributed by atoms with Crippen LogP contribution < -0.4 is 5.32 Å². The van der Waals surface area contributed by atoms with Gasteiger partial charge < -0.3 is 10.1 Å². The van der Waals surface area contributed by atoms with Crippen molar-refractivity contribution in [3.05, 3.63) is 39.6 Å². The van der Waals surface area contributed by atoms with E-state index in [1.165, 1.54) is 11.3 Å². The van der Waals surface area contributed by atoms with Gasteiger partial charge in [0.05, 0.1) is 17.8 Å². The van der Waals surface area contributed by atoms with Gasteiger partial charge in [0, 0.05) is 30.6 Å². The van der Waals surface area contributed by atoms with Crippen LogP contribution in [0.3, 0.4) is 0 Å². The molecule has 1 N–H and O–H groups in total. The minimum Gasteiger partial charge on any atom is -0.379 e. The average Bonchev–Trinajstić information content (AvgIpc) is 3.36. The molecule has 0 radical (unpaired) electrons. The summed E-state index contributed by atoms with van der Waals surface area (Å²) in [5.41, 5.74) is 1.49. The van der Waals surface area contributed by atoms with E-state index in [4.69, 9.17) is 9.84 Å². The molecule has 8 nitrogen and oxygen atoms in total.